The molecule has 6 heteroatoms. The van der Waals surface area contributed by atoms with Gasteiger partial charge in [-0.05, 0) is 36.4 Å². The first-order valence-corrected chi connectivity index (χ1v) is 8.83. The van der Waals surface area contributed by atoms with Gasteiger partial charge in [-0.1, -0.05) is 11.6 Å². The van der Waals surface area contributed by atoms with Crippen molar-refractivity contribution in [2.45, 2.75) is 6.54 Å². The number of morpholine rings is 1. The summed E-state index contributed by atoms with van der Waals surface area (Å²) in [5.74, 6) is 0.00444. The Morgan fingerprint density at radius 1 is 1.12 bits per heavy atom. The zero-order valence-corrected chi connectivity index (χ0v) is 14.8. The van der Waals surface area contributed by atoms with Crippen LogP contribution in [0.2, 0.25) is 5.02 Å². The molecular weight excluding hydrogens is 354 g/mol. The van der Waals surface area contributed by atoms with Gasteiger partial charge in [0, 0.05) is 41.2 Å². The minimum absolute atomic E-state index is 0.158. The van der Waals surface area contributed by atoms with Gasteiger partial charge in [0.15, 0.2) is 5.78 Å². The van der Waals surface area contributed by atoms with Gasteiger partial charge in [0.25, 0.3) is 0 Å². The fourth-order valence-electron chi connectivity index (χ4n) is 3.26. The van der Waals surface area contributed by atoms with Crippen molar-refractivity contribution in [1.82, 2.24) is 4.90 Å². The van der Waals surface area contributed by atoms with Gasteiger partial charge in [-0.15, -0.1) is 0 Å². The van der Waals surface area contributed by atoms with Gasteiger partial charge in [-0.2, -0.15) is 0 Å². The summed E-state index contributed by atoms with van der Waals surface area (Å²) < 4.78 is 11.0. The summed E-state index contributed by atoms with van der Waals surface area (Å²) in [5.41, 5.74) is 2.26. The average molecular weight is 372 g/mol. The molecule has 0 atom stereocenters. The Labute approximate surface area is 155 Å². The molecule has 5 nitrogen and oxygen atoms in total. The number of hydrogen-bond donors (Lipinski definition) is 1. The largest absolute Gasteiger partial charge is 0.508 e. The third-order valence-corrected chi connectivity index (χ3v) is 4.91. The van der Waals surface area contributed by atoms with Crippen LogP contribution in [0.1, 0.15) is 21.5 Å². The van der Waals surface area contributed by atoms with Crippen molar-refractivity contribution in [3.05, 3.63) is 64.4 Å². The minimum Gasteiger partial charge on any atom is -0.508 e. The van der Waals surface area contributed by atoms with Crippen LogP contribution in [0.5, 0.6) is 5.75 Å². The van der Waals surface area contributed by atoms with Gasteiger partial charge in [0.05, 0.1) is 18.8 Å². The van der Waals surface area contributed by atoms with Crippen LogP contribution >= 0.6 is 11.6 Å². The lowest BCUT2D eigenvalue weighted by Gasteiger charge is -2.27. The van der Waals surface area contributed by atoms with Crippen LogP contribution in [0.3, 0.4) is 0 Å². The Bertz CT molecular complexity index is 942. The van der Waals surface area contributed by atoms with Crippen LogP contribution in [0, 0.1) is 0 Å². The standard InChI is InChI=1S/C20H18ClNO4/c21-14-3-1-13(2-4-14)20(24)16-12-26-18-6-5-17(23)15(19(16)18)11-22-7-9-25-10-8-22/h1-6,12,23H,7-11H2. The second-order valence-electron chi connectivity index (χ2n) is 6.31. The topological polar surface area (TPSA) is 62.9 Å². The molecule has 0 radical (unpaired) electrons. The highest BCUT2D eigenvalue weighted by Crippen LogP contribution is 2.33. The van der Waals surface area contributed by atoms with Crippen molar-refractivity contribution in [2.75, 3.05) is 26.3 Å². The highest BCUT2D eigenvalue weighted by atomic mass is 35.5. The van der Waals surface area contributed by atoms with Crippen molar-refractivity contribution in [3.63, 3.8) is 0 Å². The summed E-state index contributed by atoms with van der Waals surface area (Å²) in [6.45, 7) is 3.44. The van der Waals surface area contributed by atoms with E-state index in [1.54, 1.807) is 36.4 Å². The molecule has 0 aliphatic carbocycles. The van der Waals surface area contributed by atoms with Crippen LogP contribution in [0.15, 0.2) is 47.1 Å². The van der Waals surface area contributed by atoms with Crippen LogP contribution in [0.25, 0.3) is 11.0 Å². The lowest BCUT2D eigenvalue weighted by atomic mass is 9.98. The predicted octanol–water partition coefficient (Wildman–Crippen LogP) is 3.86. The quantitative estimate of drug-likeness (QED) is 0.706. The number of aromatic hydroxyl groups is 1. The van der Waals surface area contributed by atoms with E-state index in [1.165, 1.54) is 6.26 Å². The zero-order chi connectivity index (χ0) is 18.1. The summed E-state index contributed by atoms with van der Waals surface area (Å²) in [5, 5.41) is 11.7. The van der Waals surface area contributed by atoms with E-state index in [9.17, 15) is 9.90 Å². The highest BCUT2D eigenvalue weighted by Gasteiger charge is 2.22. The number of rotatable bonds is 4. The van der Waals surface area contributed by atoms with Crippen molar-refractivity contribution in [2.24, 2.45) is 0 Å². The molecule has 2 heterocycles. The molecule has 2 aromatic carbocycles. The molecule has 134 valence electrons. The van der Waals surface area contributed by atoms with Gasteiger partial charge < -0.3 is 14.3 Å². The maximum atomic E-state index is 13.0. The number of hydrogen-bond acceptors (Lipinski definition) is 5. The number of nitrogens with zero attached hydrogens (tertiary/aromatic N) is 1. The van der Waals surface area contributed by atoms with E-state index in [4.69, 9.17) is 20.8 Å². The Hall–Kier alpha value is -2.34. The molecule has 0 spiro atoms. The summed E-state index contributed by atoms with van der Waals surface area (Å²) in [7, 11) is 0. The molecule has 0 amide bonds. The van der Waals surface area contributed by atoms with E-state index in [2.05, 4.69) is 4.90 Å². The number of benzene rings is 2. The van der Waals surface area contributed by atoms with E-state index in [-0.39, 0.29) is 11.5 Å². The van der Waals surface area contributed by atoms with E-state index < -0.39 is 0 Å². The Kier molecular flexibility index (Phi) is 4.68. The van der Waals surface area contributed by atoms with Crippen molar-refractivity contribution in [1.29, 1.82) is 0 Å². The van der Waals surface area contributed by atoms with Crippen LogP contribution in [-0.2, 0) is 11.3 Å². The Balaban J connectivity index is 1.76. The van der Waals surface area contributed by atoms with Gasteiger partial charge >= 0.3 is 0 Å². The van der Waals surface area contributed by atoms with Crippen molar-refractivity contribution in [3.8, 4) is 5.75 Å². The predicted molar refractivity (Wildman–Crippen MR) is 98.9 cm³/mol. The molecular formula is C20H18ClNO4. The molecule has 0 unspecified atom stereocenters. The lowest BCUT2D eigenvalue weighted by molar-refractivity contribution is 0.0340. The number of fused-ring (bicyclic) bond motifs is 1. The smallest absolute Gasteiger partial charge is 0.196 e. The second-order valence-corrected chi connectivity index (χ2v) is 6.75. The molecule has 1 saturated heterocycles. The van der Waals surface area contributed by atoms with Gasteiger partial charge in [-0.25, -0.2) is 0 Å². The number of ether oxygens (including phenoxy) is 1. The number of phenolic OH excluding ortho intramolecular Hbond substituents is 1. The number of furan rings is 1. The minimum atomic E-state index is -0.158. The first kappa shape index (κ1) is 17.1. The molecule has 1 aliphatic rings. The number of phenols is 1. The summed E-state index contributed by atoms with van der Waals surface area (Å²) in [4.78, 5) is 15.2. The van der Waals surface area contributed by atoms with Crippen LogP contribution < -0.4 is 0 Å². The van der Waals surface area contributed by atoms with Gasteiger partial charge in [0.1, 0.15) is 17.6 Å². The summed E-state index contributed by atoms with van der Waals surface area (Å²) >= 11 is 5.91. The zero-order valence-electron chi connectivity index (χ0n) is 14.1. The Morgan fingerprint density at radius 3 is 2.58 bits per heavy atom. The molecule has 3 aromatic rings. The van der Waals surface area contributed by atoms with Crippen molar-refractivity contribution < 1.29 is 19.1 Å². The molecule has 0 bridgehead atoms. The molecule has 1 fully saturated rings. The Morgan fingerprint density at radius 2 is 1.85 bits per heavy atom. The lowest BCUT2D eigenvalue weighted by Crippen LogP contribution is -2.35. The molecule has 0 saturated carbocycles. The maximum Gasteiger partial charge on any atom is 0.196 e. The first-order valence-electron chi connectivity index (χ1n) is 8.46. The number of halogens is 1. The molecule has 1 aromatic heterocycles. The molecule has 1 N–H and O–H groups in total. The maximum absolute atomic E-state index is 13.0. The average Bonchev–Trinajstić information content (AvgIpc) is 3.09. The summed E-state index contributed by atoms with van der Waals surface area (Å²) in [6.07, 6.45) is 1.46. The second kappa shape index (κ2) is 7.11. The molecule has 1 aliphatic heterocycles. The van der Waals surface area contributed by atoms with E-state index in [1.807, 2.05) is 0 Å². The van der Waals surface area contributed by atoms with E-state index in [0.29, 0.717) is 52.4 Å². The van der Waals surface area contributed by atoms with Crippen LogP contribution in [0.4, 0.5) is 0 Å². The molecule has 26 heavy (non-hydrogen) atoms. The highest BCUT2D eigenvalue weighted by molar-refractivity contribution is 6.30. The SMILES string of the molecule is O=C(c1ccc(Cl)cc1)c1coc2ccc(O)c(CN3CCOCC3)c12. The van der Waals surface area contributed by atoms with Gasteiger partial charge in [0.2, 0.25) is 0 Å². The van der Waals surface area contributed by atoms with Crippen molar-refractivity contribution >= 4 is 28.4 Å². The third kappa shape index (κ3) is 3.21. The molecule has 4 rings (SSSR count). The number of carbonyl (C=O) groups is 1. The monoisotopic (exact) mass is 371 g/mol. The third-order valence-electron chi connectivity index (χ3n) is 4.66. The van der Waals surface area contributed by atoms with E-state index >= 15 is 0 Å². The fourth-order valence-corrected chi connectivity index (χ4v) is 3.38. The number of carbonyl (C=O) groups excluding carboxylic acids is 1. The number of ketones is 1. The summed E-state index contributed by atoms with van der Waals surface area (Å²) in [6, 6.07) is 10.0. The van der Waals surface area contributed by atoms with Gasteiger partial charge in [-0.3, -0.25) is 9.69 Å². The van der Waals surface area contributed by atoms with E-state index in [0.717, 1.165) is 13.1 Å². The fraction of sp³-hybridized carbons (Fsp3) is 0.250. The van der Waals surface area contributed by atoms with Crippen LogP contribution in [-0.4, -0.2) is 42.1 Å². The first-order chi connectivity index (χ1) is 12.6. The normalized spacial score (nSPS) is 15.4.